The maximum absolute atomic E-state index is 14.8. The average molecular weight is 412 g/mol. The first-order valence-electron chi connectivity index (χ1n) is 10.8. The third-order valence-corrected chi connectivity index (χ3v) is 5.73. The van der Waals surface area contributed by atoms with Crippen LogP contribution in [0.5, 0.6) is 5.75 Å². The first-order valence-corrected chi connectivity index (χ1v) is 10.8. The lowest BCUT2D eigenvalue weighted by Crippen LogP contribution is -2.29. The van der Waals surface area contributed by atoms with Gasteiger partial charge in [-0.3, -0.25) is 14.5 Å². The molecule has 1 fully saturated rings. The van der Waals surface area contributed by atoms with Gasteiger partial charge in [-0.2, -0.15) is 0 Å². The Labute approximate surface area is 178 Å². The molecular weight excluding hydrogens is 381 g/mol. The topological polar surface area (TPSA) is 46.6 Å². The molecule has 3 rings (SSSR count). The number of nitrogens with zero attached hydrogens (tertiary/aromatic N) is 1. The van der Waals surface area contributed by atoms with E-state index < -0.39 is 5.82 Å². The fourth-order valence-corrected chi connectivity index (χ4v) is 3.50. The molecule has 0 saturated heterocycles. The van der Waals surface area contributed by atoms with E-state index in [9.17, 15) is 14.0 Å². The van der Waals surface area contributed by atoms with Gasteiger partial charge in [-0.15, -0.1) is 0 Å². The van der Waals surface area contributed by atoms with Gasteiger partial charge < -0.3 is 4.74 Å². The van der Waals surface area contributed by atoms with Gasteiger partial charge in [-0.1, -0.05) is 25.5 Å². The Bertz CT molecular complexity index is 907. The summed E-state index contributed by atoms with van der Waals surface area (Å²) in [7, 11) is 0. The second-order valence-corrected chi connectivity index (χ2v) is 8.11. The molecule has 1 aliphatic rings. The van der Waals surface area contributed by atoms with E-state index in [0.29, 0.717) is 11.4 Å². The van der Waals surface area contributed by atoms with E-state index in [2.05, 4.69) is 0 Å². The highest BCUT2D eigenvalue weighted by Crippen LogP contribution is 2.33. The van der Waals surface area contributed by atoms with Crippen LogP contribution < -0.4 is 9.64 Å². The fourth-order valence-electron chi connectivity index (χ4n) is 3.50. The highest BCUT2D eigenvalue weighted by Gasteiger charge is 2.27. The van der Waals surface area contributed by atoms with Crippen molar-refractivity contribution < 1.29 is 18.7 Å². The number of ether oxygens (including phenoxy) is 1. The first-order chi connectivity index (χ1) is 14.4. The van der Waals surface area contributed by atoms with Gasteiger partial charge in [0, 0.05) is 24.8 Å². The summed E-state index contributed by atoms with van der Waals surface area (Å²) in [5.41, 5.74) is 1.49. The maximum atomic E-state index is 14.8. The summed E-state index contributed by atoms with van der Waals surface area (Å²) in [6.45, 7) is 5.81. The summed E-state index contributed by atoms with van der Waals surface area (Å²) in [4.78, 5) is 26.8. The molecule has 5 heteroatoms. The minimum atomic E-state index is -0.470. The van der Waals surface area contributed by atoms with E-state index in [0.717, 1.165) is 31.2 Å². The molecule has 30 heavy (non-hydrogen) atoms. The zero-order valence-corrected chi connectivity index (χ0v) is 18.0. The molecule has 2 aromatic carbocycles. The van der Waals surface area contributed by atoms with Gasteiger partial charge in [0.05, 0.1) is 17.5 Å². The predicted molar refractivity (Wildman–Crippen MR) is 117 cm³/mol. The number of amides is 1. The SMILES string of the molecule is CCC(C)Oc1cccc(N(C(=O)CCC(=O)C2CCC2)c2ccc(C)cc2F)c1. The van der Waals surface area contributed by atoms with E-state index in [1.165, 1.54) is 11.0 Å². The maximum Gasteiger partial charge on any atom is 0.232 e. The summed E-state index contributed by atoms with van der Waals surface area (Å²) in [6, 6.07) is 11.9. The van der Waals surface area contributed by atoms with E-state index >= 15 is 0 Å². The highest BCUT2D eigenvalue weighted by atomic mass is 19.1. The van der Waals surface area contributed by atoms with Crippen molar-refractivity contribution in [2.75, 3.05) is 4.90 Å². The van der Waals surface area contributed by atoms with Crippen LogP contribution in [0.2, 0.25) is 0 Å². The Morgan fingerprint density at radius 2 is 1.93 bits per heavy atom. The standard InChI is InChI=1S/C25H30FNO3/c1-4-18(3)30-21-10-6-9-20(16-21)27(23-12-11-17(2)15-22(23)26)25(29)14-13-24(28)19-7-5-8-19/h6,9-12,15-16,18-19H,4-5,7-8,13-14H2,1-3H3. The molecule has 0 spiro atoms. The van der Waals surface area contributed by atoms with Crippen LogP contribution in [0.15, 0.2) is 42.5 Å². The van der Waals surface area contributed by atoms with E-state index in [1.807, 2.05) is 19.9 Å². The largest absolute Gasteiger partial charge is 0.491 e. The number of hydrogen-bond donors (Lipinski definition) is 0. The molecule has 0 heterocycles. The number of anilines is 2. The molecule has 1 unspecified atom stereocenters. The summed E-state index contributed by atoms with van der Waals surface area (Å²) in [6.07, 6.45) is 4.03. The number of ketones is 1. The van der Waals surface area contributed by atoms with Crippen LogP contribution in [0.4, 0.5) is 15.8 Å². The summed E-state index contributed by atoms with van der Waals surface area (Å²) in [5, 5.41) is 0. The lowest BCUT2D eigenvalue weighted by atomic mass is 9.81. The Balaban J connectivity index is 1.88. The van der Waals surface area contributed by atoms with Crippen LogP contribution in [0.25, 0.3) is 0 Å². The monoisotopic (exact) mass is 411 g/mol. The van der Waals surface area contributed by atoms with Crippen molar-refractivity contribution in [3.05, 3.63) is 53.8 Å². The van der Waals surface area contributed by atoms with Crippen molar-refractivity contribution in [3.63, 3.8) is 0 Å². The number of rotatable bonds is 9. The number of benzene rings is 2. The van der Waals surface area contributed by atoms with Crippen molar-refractivity contribution in [3.8, 4) is 5.75 Å². The van der Waals surface area contributed by atoms with E-state index in [4.69, 9.17) is 4.74 Å². The van der Waals surface area contributed by atoms with E-state index in [1.54, 1.807) is 37.3 Å². The van der Waals surface area contributed by atoms with Gasteiger partial charge in [-0.25, -0.2) is 4.39 Å². The fraction of sp³-hybridized carbons (Fsp3) is 0.440. The third-order valence-electron chi connectivity index (χ3n) is 5.73. The van der Waals surface area contributed by atoms with Gasteiger partial charge in [0.1, 0.15) is 17.3 Å². The van der Waals surface area contributed by atoms with Crippen molar-refractivity contribution >= 4 is 23.1 Å². The molecular formula is C25H30FNO3. The molecule has 0 N–H and O–H groups in total. The number of Topliss-reactive ketones (excluding diaryl/α,β-unsaturated/α-hetero) is 1. The van der Waals surface area contributed by atoms with Crippen molar-refractivity contribution in [1.29, 1.82) is 0 Å². The smallest absolute Gasteiger partial charge is 0.232 e. The molecule has 160 valence electrons. The quantitative estimate of drug-likeness (QED) is 0.499. The number of carbonyl (C=O) groups is 2. The number of halogens is 1. The van der Waals surface area contributed by atoms with Crippen LogP contribution in [0, 0.1) is 18.7 Å². The molecule has 4 nitrogen and oxygen atoms in total. The minimum Gasteiger partial charge on any atom is -0.491 e. The molecule has 2 aromatic rings. The third kappa shape index (κ3) is 5.26. The lowest BCUT2D eigenvalue weighted by Gasteiger charge is -2.26. The van der Waals surface area contributed by atoms with Gasteiger partial charge in [0.15, 0.2) is 0 Å². The Morgan fingerprint density at radius 1 is 1.17 bits per heavy atom. The van der Waals surface area contributed by atoms with Crippen LogP contribution in [0.3, 0.4) is 0 Å². The number of aryl methyl sites for hydroxylation is 1. The number of carbonyl (C=O) groups excluding carboxylic acids is 2. The summed E-state index contributed by atoms with van der Waals surface area (Å²) in [5.74, 6) is 0.0770. The highest BCUT2D eigenvalue weighted by molar-refractivity contribution is 6.02. The molecule has 1 atom stereocenters. The van der Waals surface area contributed by atoms with Crippen LogP contribution in [-0.2, 0) is 9.59 Å². The second-order valence-electron chi connectivity index (χ2n) is 8.11. The Hall–Kier alpha value is -2.69. The lowest BCUT2D eigenvalue weighted by molar-refractivity contribution is -0.127. The van der Waals surface area contributed by atoms with Crippen molar-refractivity contribution in [1.82, 2.24) is 0 Å². The average Bonchev–Trinajstić information content (AvgIpc) is 2.67. The first kappa shape index (κ1) is 22.0. The molecule has 1 saturated carbocycles. The van der Waals surface area contributed by atoms with Crippen molar-refractivity contribution in [2.45, 2.75) is 65.4 Å². The van der Waals surface area contributed by atoms with Crippen LogP contribution in [0.1, 0.15) is 57.9 Å². The zero-order valence-electron chi connectivity index (χ0n) is 18.0. The molecule has 0 radical (unpaired) electrons. The molecule has 0 aliphatic heterocycles. The van der Waals surface area contributed by atoms with Crippen molar-refractivity contribution in [2.24, 2.45) is 5.92 Å². The second kappa shape index (κ2) is 9.88. The minimum absolute atomic E-state index is 0.0283. The van der Waals surface area contributed by atoms with Crippen LogP contribution >= 0.6 is 0 Å². The molecule has 0 bridgehead atoms. The van der Waals surface area contributed by atoms with E-state index in [-0.39, 0.29) is 42.2 Å². The van der Waals surface area contributed by atoms with Gasteiger partial charge in [0.25, 0.3) is 0 Å². The Morgan fingerprint density at radius 3 is 2.57 bits per heavy atom. The Kier molecular flexibility index (Phi) is 7.24. The summed E-state index contributed by atoms with van der Waals surface area (Å²) < 4.78 is 20.7. The van der Waals surface area contributed by atoms with Gasteiger partial charge in [0.2, 0.25) is 5.91 Å². The summed E-state index contributed by atoms with van der Waals surface area (Å²) >= 11 is 0. The van der Waals surface area contributed by atoms with Gasteiger partial charge in [-0.05, 0) is 62.9 Å². The predicted octanol–water partition coefficient (Wildman–Crippen LogP) is 6.13. The van der Waals surface area contributed by atoms with Crippen LogP contribution in [-0.4, -0.2) is 17.8 Å². The molecule has 0 aromatic heterocycles. The normalized spacial score (nSPS) is 14.7. The van der Waals surface area contributed by atoms with Gasteiger partial charge >= 0.3 is 0 Å². The zero-order chi connectivity index (χ0) is 21.7. The molecule has 1 aliphatic carbocycles. The number of hydrogen-bond acceptors (Lipinski definition) is 3. The molecule has 1 amide bonds.